The molecule has 1 aromatic carbocycles. The number of hydrogen-bond donors (Lipinski definition) is 2. The fourth-order valence-electron chi connectivity index (χ4n) is 2.19. The lowest BCUT2D eigenvalue weighted by molar-refractivity contribution is 0.0697. The Morgan fingerprint density at radius 1 is 1.37 bits per heavy atom. The summed E-state index contributed by atoms with van der Waals surface area (Å²) >= 11 is 1.75. The van der Waals surface area contributed by atoms with Gasteiger partial charge < -0.3 is 10.4 Å². The molecule has 0 unspecified atom stereocenters. The summed E-state index contributed by atoms with van der Waals surface area (Å²) in [7, 11) is 0. The first-order chi connectivity index (χ1) is 9.22. The van der Waals surface area contributed by atoms with Gasteiger partial charge in [-0.25, -0.2) is 9.78 Å². The molecule has 19 heavy (non-hydrogen) atoms. The van der Waals surface area contributed by atoms with E-state index in [0.29, 0.717) is 5.56 Å². The molecule has 0 fully saturated rings. The van der Waals surface area contributed by atoms with Gasteiger partial charge in [0.25, 0.3) is 0 Å². The lowest BCUT2D eigenvalue weighted by Gasteiger charge is -2.09. The molecule has 4 nitrogen and oxygen atoms in total. The number of hydrogen-bond acceptors (Lipinski definition) is 4. The number of nitrogens with zero attached hydrogens (tertiary/aromatic N) is 1. The van der Waals surface area contributed by atoms with Crippen LogP contribution in [-0.4, -0.2) is 22.6 Å². The molecule has 2 N–H and O–H groups in total. The van der Waals surface area contributed by atoms with Gasteiger partial charge in [0.05, 0.1) is 16.3 Å². The number of rotatable bonds is 3. The first-order valence-corrected chi connectivity index (χ1v) is 7.04. The second kappa shape index (κ2) is 5.11. The smallest absolute Gasteiger partial charge is 0.335 e. The van der Waals surface area contributed by atoms with Gasteiger partial charge in [0.15, 0.2) is 0 Å². The zero-order chi connectivity index (χ0) is 13.2. The standard InChI is InChI=1S/C14H14N2O2S/c17-14(18)10-3-1-9(2-4-10)7-13-16-11-5-6-15-8-12(11)19-13/h1-4,15H,5-8H2,(H,17,18). The van der Waals surface area contributed by atoms with E-state index in [-0.39, 0.29) is 0 Å². The van der Waals surface area contributed by atoms with Crippen LogP contribution in [-0.2, 0) is 19.4 Å². The highest BCUT2D eigenvalue weighted by molar-refractivity contribution is 7.11. The monoisotopic (exact) mass is 274 g/mol. The number of fused-ring (bicyclic) bond motifs is 1. The molecular formula is C14H14N2O2S. The molecule has 1 aromatic heterocycles. The van der Waals surface area contributed by atoms with Gasteiger partial charge in [0.1, 0.15) is 0 Å². The lowest BCUT2D eigenvalue weighted by Crippen LogP contribution is -2.22. The van der Waals surface area contributed by atoms with Crippen molar-refractivity contribution in [2.75, 3.05) is 6.54 Å². The summed E-state index contributed by atoms with van der Waals surface area (Å²) in [5.74, 6) is -0.887. The topological polar surface area (TPSA) is 62.2 Å². The Kier molecular flexibility index (Phi) is 3.31. The number of carboxylic acids is 1. The van der Waals surface area contributed by atoms with Crippen molar-refractivity contribution < 1.29 is 9.90 Å². The normalized spacial score (nSPS) is 14.1. The van der Waals surface area contributed by atoms with Crippen LogP contribution in [0, 0.1) is 0 Å². The van der Waals surface area contributed by atoms with Crippen LogP contribution in [0.3, 0.4) is 0 Å². The van der Waals surface area contributed by atoms with Crippen molar-refractivity contribution in [1.29, 1.82) is 0 Å². The Bertz CT molecular complexity index is 581. The van der Waals surface area contributed by atoms with Gasteiger partial charge in [0.2, 0.25) is 0 Å². The molecule has 1 aliphatic heterocycles. The Morgan fingerprint density at radius 3 is 2.84 bits per heavy atom. The first kappa shape index (κ1) is 12.3. The number of benzene rings is 1. The van der Waals surface area contributed by atoms with Gasteiger partial charge in [0, 0.05) is 30.8 Å². The van der Waals surface area contributed by atoms with Gasteiger partial charge in [-0.05, 0) is 17.7 Å². The second-order valence-corrected chi connectivity index (χ2v) is 5.75. The molecule has 0 saturated heterocycles. The van der Waals surface area contributed by atoms with Crippen molar-refractivity contribution >= 4 is 17.3 Å². The molecule has 0 bridgehead atoms. The average Bonchev–Trinajstić information content (AvgIpc) is 2.81. The summed E-state index contributed by atoms with van der Waals surface area (Å²) in [5.41, 5.74) is 2.65. The summed E-state index contributed by atoms with van der Waals surface area (Å²) in [6.07, 6.45) is 1.78. The van der Waals surface area contributed by atoms with Crippen LogP contribution >= 0.6 is 11.3 Å². The van der Waals surface area contributed by atoms with Crippen molar-refractivity contribution in [2.45, 2.75) is 19.4 Å². The van der Waals surface area contributed by atoms with Gasteiger partial charge >= 0.3 is 5.97 Å². The molecule has 98 valence electrons. The highest BCUT2D eigenvalue weighted by Gasteiger charge is 2.14. The third-order valence-electron chi connectivity index (χ3n) is 3.20. The van der Waals surface area contributed by atoms with Crippen LogP contribution in [0.2, 0.25) is 0 Å². The highest BCUT2D eigenvalue weighted by atomic mass is 32.1. The van der Waals surface area contributed by atoms with E-state index >= 15 is 0 Å². The van der Waals surface area contributed by atoms with Crippen molar-refractivity contribution in [3.05, 3.63) is 51.0 Å². The number of nitrogens with one attached hydrogen (secondary N) is 1. The minimum absolute atomic E-state index is 0.325. The molecule has 2 heterocycles. The molecule has 0 spiro atoms. The summed E-state index contributed by atoms with van der Waals surface area (Å²) < 4.78 is 0. The van der Waals surface area contributed by atoms with E-state index in [1.165, 1.54) is 10.6 Å². The van der Waals surface area contributed by atoms with Crippen molar-refractivity contribution in [3.63, 3.8) is 0 Å². The van der Waals surface area contributed by atoms with Crippen LogP contribution in [0.1, 0.15) is 31.5 Å². The van der Waals surface area contributed by atoms with Gasteiger partial charge in [-0.2, -0.15) is 0 Å². The zero-order valence-corrected chi connectivity index (χ0v) is 11.2. The van der Waals surface area contributed by atoms with E-state index in [9.17, 15) is 4.79 Å². The maximum Gasteiger partial charge on any atom is 0.335 e. The van der Waals surface area contributed by atoms with E-state index in [1.54, 1.807) is 23.5 Å². The fourth-order valence-corrected chi connectivity index (χ4v) is 3.31. The number of carbonyl (C=O) groups is 1. The first-order valence-electron chi connectivity index (χ1n) is 6.23. The zero-order valence-electron chi connectivity index (χ0n) is 10.3. The molecule has 5 heteroatoms. The quantitative estimate of drug-likeness (QED) is 0.899. The molecule has 0 saturated carbocycles. The second-order valence-electron chi connectivity index (χ2n) is 4.58. The highest BCUT2D eigenvalue weighted by Crippen LogP contribution is 2.23. The molecule has 3 rings (SSSR count). The molecule has 0 amide bonds. The Labute approximate surface area is 115 Å². The molecule has 2 aromatic rings. The third-order valence-corrected chi connectivity index (χ3v) is 4.30. The van der Waals surface area contributed by atoms with Crippen molar-refractivity contribution in [3.8, 4) is 0 Å². The Hall–Kier alpha value is -1.72. The van der Waals surface area contributed by atoms with E-state index in [1.807, 2.05) is 12.1 Å². The molecule has 0 radical (unpaired) electrons. The van der Waals surface area contributed by atoms with E-state index < -0.39 is 5.97 Å². The van der Waals surface area contributed by atoms with Gasteiger partial charge in [-0.15, -0.1) is 11.3 Å². The number of carboxylic acid groups (broad SMARTS) is 1. The maximum absolute atomic E-state index is 10.8. The number of aromatic carboxylic acids is 1. The van der Waals surface area contributed by atoms with Crippen LogP contribution in [0.5, 0.6) is 0 Å². The van der Waals surface area contributed by atoms with E-state index in [4.69, 9.17) is 5.11 Å². The molecule has 0 atom stereocenters. The largest absolute Gasteiger partial charge is 0.478 e. The Morgan fingerprint density at radius 2 is 2.16 bits per heavy atom. The van der Waals surface area contributed by atoms with Gasteiger partial charge in [-0.1, -0.05) is 12.1 Å². The average molecular weight is 274 g/mol. The molecule has 0 aliphatic carbocycles. The minimum atomic E-state index is -0.887. The predicted octanol–water partition coefficient (Wildman–Crippen LogP) is 2.08. The predicted molar refractivity (Wildman–Crippen MR) is 73.7 cm³/mol. The van der Waals surface area contributed by atoms with Crippen LogP contribution < -0.4 is 5.32 Å². The SMILES string of the molecule is O=C(O)c1ccc(Cc2nc3c(s2)CNCC3)cc1. The molecule has 1 aliphatic rings. The molecular weight excluding hydrogens is 260 g/mol. The van der Waals surface area contributed by atoms with Crippen molar-refractivity contribution in [2.24, 2.45) is 0 Å². The third kappa shape index (κ3) is 2.67. The fraction of sp³-hybridized carbons (Fsp3) is 0.286. The summed E-state index contributed by atoms with van der Waals surface area (Å²) in [4.78, 5) is 16.8. The minimum Gasteiger partial charge on any atom is -0.478 e. The summed E-state index contributed by atoms with van der Waals surface area (Å²) in [6, 6.07) is 7.02. The van der Waals surface area contributed by atoms with Gasteiger partial charge in [-0.3, -0.25) is 0 Å². The maximum atomic E-state index is 10.8. The summed E-state index contributed by atoms with van der Waals surface area (Å²) in [5, 5.41) is 13.3. The van der Waals surface area contributed by atoms with E-state index in [0.717, 1.165) is 36.5 Å². The Balaban J connectivity index is 1.77. The lowest BCUT2D eigenvalue weighted by atomic mass is 10.1. The van der Waals surface area contributed by atoms with Crippen LogP contribution in [0.15, 0.2) is 24.3 Å². The number of aromatic nitrogens is 1. The van der Waals surface area contributed by atoms with Crippen LogP contribution in [0.25, 0.3) is 0 Å². The number of thiazole rings is 1. The van der Waals surface area contributed by atoms with E-state index in [2.05, 4.69) is 10.3 Å². The van der Waals surface area contributed by atoms with Crippen LogP contribution in [0.4, 0.5) is 0 Å². The van der Waals surface area contributed by atoms with Crippen molar-refractivity contribution in [1.82, 2.24) is 10.3 Å². The summed E-state index contributed by atoms with van der Waals surface area (Å²) in [6.45, 7) is 1.93.